The first kappa shape index (κ1) is 13.7. The maximum atomic E-state index is 12.3. The van der Waals surface area contributed by atoms with E-state index in [0.717, 1.165) is 10.6 Å². The van der Waals surface area contributed by atoms with Crippen LogP contribution in [0.3, 0.4) is 0 Å². The number of aromatic amines is 1. The van der Waals surface area contributed by atoms with Gasteiger partial charge in [0, 0.05) is 7.05 Å². The molecule has 0 aliphatic heterocycles. The number of hydrogen-bond donors (Lipinski definition) is 2. The highest BCUT2D eigenvalue weighted by Crippen LogP contribution is 2.36. The quantitative estimate of drug-likeness (QED) is 0.593. The first-order valence-corrected chi connectivity index (χ1v) is 7.89. The topological polar surface area (TPSA) is 89.6 Å². The van der Waals surface area contributed by atoms with Crippen molar-refractivity contribution in [3.63, 3.8) is 0 Å². The maximum Gasteiger partial charge on any atom is 0.259 e. The van der Waals surface area contributed by atoms with Gasteiger partial charge in [0.25, 0.3) is 5.56 Å². The number of hydrogen-bond acceptors (Lipinski definition) is 5. The minimum Gasteiger partial charge on any atom is -0.383 e. The summed E-state index contributed by atoms with van der Waals surface area (Å²) in [7, 11) is 1.77. The largest absolute Gasteiger partial charge is 0.383 e. The molecule has 0 amide bonds. The first-order valence-electron chi connectivity index (χ1n) is 7.01. The van der Waals surface area contributed by atoms with Crippen LogP contribution >= 0.6 is 11.3 Å². The van der Waals surface area contributed by atoms with E-state index in [4.69, 9.17) is 5.73 Å². The molecule has 0 aliphatic carbocycles. The van der Waals surface area contributed by atoms with Gasteiger partial charge in [0.15, 0.2) is 0 Å². The Morgan fingerprint density at radius 2 is 2.04 bits per heavy atom. The Balaban J connectivity index is 2.04. The molecule has 0 atom stereocenters. The molecule has 0 fully saturated rings. The van der Waals surface area contributed by atoms with Crippen molar-refractivity contribution in [1.29, 1.82) is 0 Å². The highest BCUT2D eigenvalue weighted by atomic mass is 32.1. The average Bonchev–Trinajstić information content (AvgIpc) is 3.16. The Hall–Kier alpha value is -2.93. The van der Waals surface area contributed by atoms with Crippen molar-refractivity contribution < 1.29 is 0 Å². The molecule has 0 bridgehead atoms. The molecule has 6 nitrogen and oxygen atoms in total. The Kier molecular flexibility index (Phi) is 3.02. The monoisotopic (exact) mass is 323 g/mol. The number of nitrogens with zero attached hydrogens (tertiary/aromatic N) is 3. The van der Waals surface area contributed by atoms with Crippen LogP contribution < -0.4 is 11.3 Å². The summed E-state index contributed by atoms with van der Waals surface area (Å²) in [5.41, 5.74) is 7.99. The van der Waals surface area contributed by atoms with E-state index in [9.17, 15) is 4.79 Å². The summed E-state index contributed by atoms with van der Waals surface area (Å²) in [6.45, 7) is 0. The Bertz CT molecular complexity index is 1060. The number of anilines is 1. The van der Waals surface area contributed by atoms with Crippen LogP contribution in [-0.2, 0) is 7.05 Å². The number of benzene rings is 1. The number of nitrogens with one attached hydrogen (secondary N) is 1. The standard InChI is InChI=1S/C16H13N5OS/c1-21-14(17)12(13(20-21)11-7-4-8-23-11)15-18-10-6-3-2-5-9(10)16(22)19-15/h2-8H,17H2,1H3,(H,18,19,22). The van der Waals surface area contributed by atoms with Gasteiger partial charge in [-0.3, -0.25) is 9.48 Å². The molecule has 0 saturated heterocycles. The Morgan fingerprint density at radius 1 is 1.22 bits per heavy atom. The van der Waals surface area contributed by atoms with Crippen molar-refractivity contribution in [2.24, 2.45) is 7.05 Å². The van der Waals surface area contributed by atoms with Gasteiger partial charge in [0.05, 0.1) is 21.3 Å². The second-order valence-corrected chi connectivity index (χ2v) is 6.09. The fourth-order valence-electron chi connectivity index (χ4n) is 2.56. The van der Waals surface area contributed by atoms with Crippen LogP contribution in [0.4, 0.5) is 5.82 Å². The highest BCUT2D eigenvalue weighted by Gasteiger charge is 2.20. The van der Waals surface area contributed by atoms with Gasteiger partial charge in [-0.05, 0) is 23.6 Å². The second-order valence-electron chi connectivity index (χ2n) is 5.14. The van der Waals surface area contributed by atoms with E-state index in [1.807, 2.05) is 35.7 Å². The lowest BCUT2D eigenvalue weighted by Crippen LogP contribution is -2.10. The molecule has 0 saturated carbocycles. The summed E-state index contributed by atoms with van der Waals surface area (Å²) < 4.78 is 1.60. The van der Waals surface area contributed by atoms with Crippen molar-refractivity contribution in [2.75, 3.05) is 5.73 Å². The minimum absolute atomic E-state index is 0.189. The van der Waals surface area contributed by atoms with E-state index in [1.54, 1.807) is 29.1 Å². The van der Waals surface area contributed by atoms with Crippen LogP contribution in [0.25, 0.3) is 32.9 Å². The maximum absolute atomic E-state index is 12.3. The molecule has 3 N–H and O–H groups in total. The zero-order chi connectivity index (χ0) is 16.0. The van der Waals surface area contributed by atoms with Crippen molar-refractivity contribution in [3.8, 4) is 22.0 Å². The Labute approximate surface area is 135 Å². The molecule has 3 aromatic heterocycles. The third-order valence-electron chi connectivity index (χ3n) is 3.70. The van der Waals surface area contributed by atoms with E-state index in [-0.39, 0.29) is 5.56 Å². The molecule has 23 heavy (non-hydrogen) atoms. The van der Waals surface area contributed by atoms with Crippen molar-refractivity contribution in [2.45, 2.75) is 0 Å². The number of aromatic nitrogens is 4. The lowest BCUT2D eigenvalue weighted by atomic mass is 10.1. The third kappa shape index (κ3) is 2.13. The van der Waals surface area contributed by atoms with Crippen LogP contribution in [0.5, 0.6) is 0 Å². The summed E-state index contributed by atoms with van der Waals surface area (Å²) in [5.74, 6) is 0.898. The van der Waals surface area contributed by atoms with E-state index in [1.165, 1.54) is 0 Å². The summed E-state index contributed by atoms with van der Waals surface area (Å²) in [4.78, 5) is 20.7. The zero-order valence-electron chi connectivity index (χ0n) is 12.3. The molecule has 4 rings (SSSR count). The molecule has 7 heteroatoms. The predicted octanol–water partition coefficient (Wildman–Crippen LogP) is 2.63. The van der Waals surface area contributed by atoms with Gasteiger partial charge in [-0.25, -0.2) is 4.98 Å². The van der Waals surface area contributed by atoms with Crippen molar-refractivity contribution in [3.05, 3.63) is 52.1 Å². The summed E-state index contributed by atoms with van der Waals surface area (Å²) in [5, 5.41) is 7.00. The molecule has 4 aromatic rings. The zero-order valence-corrected chi connectivity index (χ0v) is 13.1. The molecule has 114 valence electrons. The lowest BCUT2D eigenvalue weighted by Gasteiger charge is -2.04. The smallest absolute Gasteiger partial charge is 0.259 e. The summed E-state index contributed by atoms with van der Waals surface area (Å²) in [6.07, 6.45) is 0. The SMILES string of the molecule is Cn1nc(-c2cccs2)c(-c2nc3ccccc3c(=O)[nH]2)c1N. The predicted molar refractivity (Wildman–Crippen MR) is 92.3 cm³/mol. The molecule has 0 unspecified atom stereocenters. The number of nitrogens with two attached hydrogens (primary N) is 1. The fourth-order valence-corrected chi connectivity index (χ4v) is 3.28. The average molecular weight is 323 g/mol. The van der Waals surface area contributed by atoms with Gasteiger partial charge in [-0.1, -0.05) is 18.2 Å². The van der Waals surface area contributed by atoms with E-state index < -0.39 is 0 Å². The van der Waals surface area contributed by atoms with Crippen molar-refractivity contribution >= 4 is 28.1 Å². The van der Waals surface area contributed by atoms with Crippen LogP contribution in [0.1, 0.15) is 0 Å². The van der Waals surface area contributed by atoms with Crippen molar-refractivity contribution in [1.82, 2.24) is 19.7 Å². The number of rotatable bonds is 2. The van der Waals surface area contributed by atoms with Gasteiger partial charge >= 0.3 is 0 Å². The van der Waals surface area contributed by atoms with Gasteiger partial charge in [-0.2, -0.15) is 5.10 Å². The summed E-state index contributed by atoms with van der Waals surface area (Å²) >= 11 is 1.56. The second kappa shape index (κ2) is 5.06. The van der Waals surface area contributed by atoms with Crippen LogP contribution in [-0.4, -0.2) is 19.7 Å². The fraction of sp³-hybridized carbons (Fsp3) is 0.0625. The Morgan fingerprint density at radius 3 is 2.83 bits per heavy atom. The van der Waals surface area contributed by atoms with E-state index >= 15 is 0 Å². The number of H-pyrrole nitrogens is 1. The van der Waals surface area contributed by atoms with Crippen LogP contribution in [0.2, 0.25) is 0 Å². The van der Waals surface area contributed by atoms with Gasteiger partial charge in [-0.15, -0.1) is 11.3 Å². The number of thiophene rings is 1. The van der Waals surface area contributed by atoms with Crippen LogP contribution in [0, 0.1) is 0 Å². The van der Waals surface area contributed by atoms with E-state index in [0.29, 0.717) is 28.1 Å². The number of para-hydroxylation sites is 1. The number of aryl methyl sites for hydroxylation is 1. The molecule has 3 heterocycles. The minimum atomic E-state index is -0.189. The van der Waals surface area contributed by atoms with E-state index in [2.05, 4.69) is 15.1 Å². The van der Waals surface area contributed by atoms with Gasteiger partial charge in [0.2, 0.25) is 0 Å². The van der Waals surface area contributed by atoms with Crippen LogP contribution in [0.15, 0.2) is 46.6 Å². The molecule has 0 spiro atoms. The molecule has 0 aliphatic rings. The van der Waals surface area contributed by atoms with Gasteiger partial charge < -0.3 is 10.7 Å². The number of nitrogen functional groups attached to an aromatic ring is 1. The van der Waals surface area contributed by atoms with Gasteiger partial charge in [0.1, 0.15) is 17.3 Å². The molecule has 0 radical (unpaired) electrons. The number of fused-ring (bicyclic) bond motifs is 1. The highest BCUT2D eigenvalue weighted by molar-refractivity contribution is 7.13. The summed E-state index contributed by atoms with van der Waals surface area (Å²) in [6, 6.07) is 11.1. The normalized spacial score (nSPS) is 11.2. The first-order chi connectivity index (χ1) is 11.1. The lowest BCUT2D eigenvalue weighted by molar-refractivity contribution is 0.783. The third-order valence-corrected chi connectivity index (χ3v) is 4.57. The molecular formula is C16H13N5OS. The molecule has 1 aromatic carbocycles. The molecular weight excluding hydrogens is 310 g/mol.